The lowest BCUT2D eigenvalue weighted by atomic mass is 10.2. The number of halogens is 3. The van der Waals surface area contributed by atoms with E-state index < -0.39 is 23.4 Å². The van der Waals surface area contributed by atoms with Gasteiger partial charge in [0, 0.05) is 38.9 Å². The first-order chi connectivity index (χ1) is 19.9. The van der Waals surface area contributed by atoms with Gasteiger partial charge < -0.3 is 18.6 Å². The van der Waals surface area contributed by atoms with Crippen LogP contribution in [0.3, 0.4) is 0 Å². The second-order valence-electron chi connectivity index (χ2n) is 10.6. The predicted molar refractivity (Wildman–Crippen MR) is 172 cm³/mol. The summed E-state index contributed by atoms with van der Waals surface area (Å²) in [6.07, 6.45) is 11.8. The Labute approximate surface area is 275 Å². The second-order valence-corrected chi connectivity index (χ2v) is 13.1. The summed E-state index contributed by atoms with van der Waals surface area (Å²) >= 11 is 9.57. The van der Waals surface area contributed by atoms with E-state index in [2.05, 4.69) is 83.0 Å². The van der Waals surface area contributed by atoms with Gasteiger partial charge in [0.05, 0.1) is 34.0 Å². The van der Waals surface area contributed by atoms with E-state index >= 15 is 0 Å². The summed E-state index contributed by atoms with van der Waals surface area (Å²) in [6.45, 7) is 10.8. The molecule has 0 aromatic carbocycles. The summed E-state index contributed by atoms with van der Waals surface area (Å²) in [6, 6.07) is 0. The van der Waals surface area contributed by atoms with Crippen LogP contribution in [-0.4, -0.2) is 62.4 Å². The monoisotopic (exact) mass is 786 g/mol. The number of nitrogens with zero attached hydrogens (tertiary/aromatic N) is 9. The lowest BCUT2D eigenvalue weighted by Crippen LogP contribution is -2.35. The Kier molecular flexibility index (Phi) is 13.2. The van der Waals surface area contributed by atoms with Crippen molar-refractivity contribution in [2.75, 3.05) is 10.2 Å². The number of rotatable bonds is 3. The maximum atomic E-state index is 12.5. The average Bonchev–Trinajstić information content (AvgIpc) is 3.48. The number of anilines is 3. The average molecular weight is 789 g/mol. The molecule has 2 amide bonds. The molecule has 17 heteroatoms. The molecular weight excluding hydrogens is 756 g/mol. The minimum Gasteiger partial charge on any atom is -0.444 e. The lowest BCUT2D eigenvalue weighted by Gasteiger charge is -2.25. The van der Waals surface area contributed by atoms with E-state index in [1.807, 2.05) is 20.8 Å². The molecule has 0 atom stereocenters. The van der Waals surface area contributed by atoms with E-state index in [-0.39, 0.29) is 5.95 Å². The van der Waals surface area contributed by atoms with Gasteiger partial charge in [-0.3, -0.25) is 5.32 Å². The van der Waals surface area contributed by atoms with Gasteiger partial charge in [-0.25, -0.2) is 39.5 Å². The second kappa shape index (κ2) is 15.9. The van der Waals surface area contributed by atoms with E-state index in [9.17, 15) is 9.59 Å². The van der Waals surface area contributed by atoms with Crippen LogP contribution in [0.15, 0.2) is 63.5 Å². The minimum atomic E-state index is -0.622. The van der Waals surface area contributed by atoms with Gasteiger partial charge in [-0.05, 0) is 89.3 Å². The Hall–Kier alpha value is -3.44. The third-order valence-corrected chi connectivity index (χ3v) is 5.67. The van der Waals surface area contributed by atoms with Crippen LogP contribution in [0.25, 0.3) is 0 Å². The van der Waals surface area contributed by atoms with E-state index in [0.717, 1.165) is 8.95 Å². The van der Waals surface area contributed by atoms with Gasteiger partial charge in [0.25, 0.3) is 0 Å². The molecule has 4 rings (SSSR count). The Bertz CT molecular complexity index is 1440. The molecule has 0 bridgehead atoms. The predicted octanol–water partition coefficient (Wildman–Crippen LogP) is 6.81. The molecule has 0 unspecified atom stereocenters. The van der Waals surface area contributed by atoms with Crippen molar-refractivity contribution in [3.63, 3.8) is 0 Å². The zero-order chi connectivity index (χ0) is 32.4. The van der Waals surface area contributed by atoms with Crippen molar-refractivity contribution in [1.82, 2.24) is 39.0 Å². The van der Waals surface area contributed by atoms with Crippen LogP contribution in [0.5, 0.6) is 0 Å². The van der Waals surface area contributed by atoms with Gasteiger partial charge in [0.2, 0.25) is 5.95 Å². The third kappa shape index (κ3) is 13.2. The first-order valence-corrected chi connectivity index (χ1v) is 14.9. The van der Waals surface area contributed by atoms with Crippen molar-refractivity contribution >= 4 is 77.6 Å². The fourth-order valence-corrected chi connectivity index (χ4v) is 3.37. The molecule has 0 aliphatic heterocycles. The topological polar surface area (TPSA) is 155 Å². The Balaban J connectivity index is 0.000000251. The molecule has 1 N–H and O–H groups in total. The molecule has 0 radical (unpaired) electrons. The fourth-order valence-electron chi connectivity index (χ4n) is 2.75. The van der Waals surface area contributed by atoms with Gasteiger partial charge in [0.1, 0.15) is 22.8 Å². The molecule has 0 fully saturated rings. The molecule has 14 nitrogen and oxygen atoms in total. The summed E-state index contributed by atoms with van der Waals surface area (Å²) in [5.41, 5.74) is -1.11. The number of amides is 2. The number of aromatic nitrogens is 8. The summed E-state index contributed by atoms with van der Waals surface area (Å²) in [4.78, 5) is 48.9. The van der Waals surface area contributed by atoms with Crippen LogP contribution >= 0.6 is 47.8 Å². The van der Waals surface area contributed by atoms with Crippen molar-refractivity contribution < 1.29 is 19.1 Å². The number of imidazole rings is 2. The Morgan fingerprint density at radius 2 is 1.23 bits per heavy atom. The standard InChI is InChI=1S/C13H16BrN5O2.C9H15N3O2.C4H2Br2N2/c1-13(2,3)21-12(20)19(10-7-15-8-18(10)4)11-16-5-9(14)6-17-11;1-9(2,3)14-8(13)11-7-5-10-6-12(7)4;5-3-1-7-4(6)8-2-3/h5-8H,1-4H3;5-6H,1-4H3,(H,11,13);1-2H. The van der Waals surface area contributed by atoms with Gasteiger partial charge in [0.15, 0.2) is 4.73 Å². The molecule has 0 aliphatic carbocycles. The maximum absolute atomic E-state index is 12.5. The highest BCUT2D eigenvalue weighted by molar-refractivity contribution is 9.11. The molecule has 4 aromatic heterocycles. The van der Waals surface area contributed by atoms with Crippen molar-refractivity contribution in [3.8, 4) is 0 Å². The van der Waals surface area contributed by atoms with Crippen molar-refractivity contribution in [1.29, 1.82) is 0 Å². The first kappa shape index (κ1) is 35.8. The largest absolute Gasteiger partial charge is 0.444 e. The lowest BCUT2D eigenvalue weighted by molar-refractivity contribution is 0.0592. The van der Waals surface area contributed by atoms with Crippen LogP contribution in [0.2, 0.25) is 0 Å². The maximum Gasteiger partial charge on any atom is 0.423 e. The van der Waals surface area contributed by atoms with Crippen molar-refractivity contribution in [3.05, 3.63) is 63.5 Å². The third-order valence-electron chi connectivity index (χ3n) is 4.44. The quantitative estimate of drug-likeness (QED) is 0.219. The van der Waals surface area contributed by atoms with Crippen LogP contribution in [-0.2, 0) is 23.6 Å². The molecule has 0 saturated carbocycles. The molecule has 0 saturated heterocycles. The summed E-state index contributed by atoms with van der Waals surface area (Å²) in [5.74, 6) is 1.35. The normalized spacial score (nSPS) is 10.9. The summed E-state index contributed by atoms with van der Waals surface area (Å²) in [5, 5.41) is 2.59. The fraction of sp³-hybridized carbons (Fsp3) is 0.385. The van der Waals surface area contributed by atoms with Gasteiger partial charge in [-0.1, -0.05) is 0 Å². The van der Waals surface area contributed by atoms with E-state index in [4.69, 9.17) is 9.47 Å². The Morgan fingerprint density at radius 3 is 1.65 bits per heavy atom. The number of ether oxygens (including phenoxy) is 2. The van der Waals surface area contributed by atoms with Crippen molar-refractivity contribution in [2.45, 2.75) is 52.7 Å². The Morgan fingerprint density at radius 1 is 0.744 bits per heavy atom. The number of hydrogen-bond acceptors (Lipinski definition) is 10. The molecule has 0 spiro atoms. The van der Waals surface area contributed by atoms with E-state index in [1.165, 1.54) is 4.90 Å². The number of aryl methyl sites for hydroxylation is 2. The minimum absolute atomic E-state index is 0.219. The highest BCUT2D eigenvalue weighted by Gasteiger charge is 2.28. The van der Waals surface area contributed by atoms with Gasteiger partial charge in [-0.15, -0.1) is 0 Å². The summed E-state index contributed by atoms with van der Waals surface area (Å²) < 4.78 is 16.1. The molecule has 4 aromatic rings. The number of nitrogens with one attached hydrogen (secondary N) is 1. The van der Waals surface area contributed by atoms with E-state index in [0.29, 0.717) is 16.4 Å². The molecule has 0 aliphatic rings. The van der Waals surface area contributed by atoms with Crippen LogP contribution in [0.1, 0.15) is 41.5 Å². The van der Waals surface area contributed by atoms with Crippen LogP contribution in [0, 0.1) is 0 Å². The SMILES string of the molecule is Brc1cnc(Br)nc1.Cn1cncc1N(C(=O)OC(C)(C)C)c1ncc(Br)cn1.Cn1cncc1NC(=O)OC(C)(C)C. The van der Waals surface area contributed by atoms with Gasteiger partial charge >= 0.3 is 12.2 Å². The molecular formula is C26H33Br3N10O4. The number of carbonyl (C=O) groups excluding carboxylic acids is 2. The highest BCUT2D eigenvalue weighted by Crippen LogP contribution is 2.24. The first-order valence-electron chi connectivity index (χ1n) is 12.5. The number of hydrogen-bond donors (Lipinski definition) is 1. The van der Waals surface area contributed by atoms with Crippen LogP contribution < -0.4 is 10.2 Å². The number of carbonyl (C=O) groups is 2. The van der Waals surface area contributed by atoms with Crippen LogP contribution in [0.4, 0.5) is 27.2 Å². The molecule has 43 heavy (non-hydrogen) atoms. The summed E-state index contributed by atoms with van der Waals surface area (Å²) in [7, 11) is 3.57. The zero-order valence-electron chi connectivity index (χ0n) is 24.9. The highest BCUT2D eigenvalue weighted by atomic mass is 79.9. The molecule has 232 valence electrons. The molecule has 4 heterocycles. The van der Waals surface area contributed by atoms with E-state index in [1.54, 1.807) is 93.8 Å². The smallest absolute Gasteiger partial charge is 0.423 e. The van der Waals surface area contributed by atoms with Gasteiger partial charge in [-0.2, -0.15) is 4.90 Å². The van der Waals surface area contributed by atoms with Crippen molar-refractivity contribution in [2.24, 2.45) is 14.1 Å². The zero-order valence-corrected chi connectivity index (χ0v) is 29.7.